The molecular formula is C16H14F3NO3. The number of ketones is 1. The first-order valence-corrected chi connectivity index (χ1v) is 6.71. The molecule has 1 unspecified atom stereocenters. The maximum absolute atomic E-state index is 12.8. The van der Waals surface area contributed by atoms with Gasteiger partial charge >= 0.3 is 6.18 Å². The Balaban J connectivity index is 2.62. The minimum Gasteiger partial charge on any atom is -0.595 e. The van der Waals surface area contributed by atoms with Crippen LogP contribution in [0.2, 0.25) is 0 Å². The summed E-state index contributed by atoms with van der Waals surface area (Å²) in [5, 5.41) is 19.1. The number of Topliss-reactive ketones (excluding diaryl/α,β-unsaturated/α-hetero) is 1. The average Bonchev–Trinajstić information content (AvgIpc) is 2.47. The molecule has 2 N–H and O–H groups in total. The lowest BCUT2D eigenvalue weighted by Gasteiger charge is -2.22. The van der Waals surface area contributed by atoms with E-state index in [1.165, 1.54) is 6.92 Å². The fourth-order valence-electron chi connectivity index (χ4n) is 2.45. The van der Waals surface area contributed by atoms with Crippen molar-refractivity contribution in [2.24, 2.45) is 0 Å². The fraction of sp³-hybridized carbons (Fsp3) is 0.188. The number of rotatable bonds is 4. The van der Waals surface area contributed by atoms with E-state index >= 15 is 0 Å². The van der Waals surface area contributed by atoms with Crippen LogP contribution >= 0.6 is 0 Å². The SMILES string of the molecule is CC(=O)[C@@H](c1ccccc1)c1ccc(C(F)(F)F)cc1[NH+]([O-])O. The number of nitrogens with one attached hydrogen (secondary N) is 1. The predicted molar refractivity (Wildman–Crippen MR) is 76.2 cm³/mol. The van der Waals surface area contributed by atoms with Crippen LogP contribution in [-0.4, -0.2) is 11.0 Å². The van der Waals surface area contributed by atoms with Crippen molar-refractivity contribution < 1.29 is 28.4 Å². The lowest BCUT2D eigenvalue weighted by Crippen LogP contribution is -2.99. The van der Waals surface area contributed by atoms with Gasteiger partial charge in [-0.25, -0.2) is 5.21 Å². The molecule has 0 amide bonds. The van der Waals surface area contributed by atoms with Gasteiger partial charge in [-0.15, -0.1) is 0 Å². The minimum absolute atomic E-state index is 0.0456. The highest BCUT2D eigenvalue weighted by atomic mass is 19.4. The highest BCUT2D eigenvalue weighted by Gasteiger charge is 2.34. The zero-order valence-corrected chi connectivity index (χ0v) is 12.1. The van der Waals surface area contributed by atoms with Gasteiger partial charge in [0.15, 0.2) is 5.69 Å². The summed E-state index contributed by atoms with van der Waals surface area (Å²) < 4.78 is 38.4. The highest BCUT2D eigenvalue weighted by molar-refractivity contribution is 5.88. The molecule has 0 saturated carbocycles. The molecule has 0 saturated heterocycles. The number of quaternary nitrogens is 1. The van der Waals surface area contributed by atoms with Crippen LogP contribution in [-0.2, 0) is 11.0 Å². The zero-order valence-electron chi connectivity index (χ0n) is 12.1. The van der Waals surface area contributed by atoms with Crippen LogP contribution in [0.15, 0.2) is 48.5 Å². The van der Waals surface area contributed by atoms with Gasteiger partial charge in [-0.05, 0) is 18.6 Å². The zero-order chi connectivity index (χ0) is 17.2. The molecule has 0 spiro atoms. The van der Waals surface area contributed by atoms with Crippen molar-refractivity contribution in [2.75, 3.05) is 0 Å². The second-order valence-electron chi connectivity index (χ2n) is 5.06. The molecule has 23 heavy (non-hydrogen) atoms. The average molecular weight is 325 g/mol. The van der Waals surface area contributed by atoms with Crippen molar-refractivity contribution in [3.8, 4) is 0 Å². The number of alkyl halides is 3. The van der Waals surface area contributed by atoms with E-state index in [1.807, 2.05) is 0 Å². The number of hydrogen-bond donors (Lipinski definition) is 2. The van der Waals surface area contributed by atoms with E-state index in [1.54, 1.807) is 30.3 Å². The smallest absolute Gasteiger partial charge is 0.416 e. The molecule has 2 atom stereocenters. The van der Waals surface area contributed by atoms with E-state index in [-0.39, 0.29) is 11.3 Å². The first-order chi connectivity index (χ1) is 10.7. The maximum atomic E-state index is 12.8. The Hall–Kier alpha value is -2.22. The molecule has 0 aliphatic carbocycles. The van der Waals surface area contributed by atoms with E-state index in [0.29, 0.717) is 11.6 Å². The second-order valence-corrected chi connectivity index (χ2v) is 5.06. The van der Waals surface area contributed by atoms with Gasteiger partial charge in [0.2, 0.25) is 0 Å². The first kappa shape index (κ1) is 17.1. The molecule has 0 bridgehead atoms. The van der Waals surface area contributed by atoms with Crippen molar-refractivity contribution in [1.82, 2.24) is 0 Å². The standard InChI is InChI=1S/C16H14F3NO3/c1-10(21)15(11-5-3-2-4-6-11)13-8-7-12(16(17,18)19)9-14(13)20(22)23/h2-9,15,20,22H,1H3/t15-/m0/s1. The Labute approximate surface area is 130 Å². The topological polar surface area (TPSA) is 64.8 Å². The summed E-state index contributed by atoms with van der Waals surface area (Å²) in [5.74, 6) is -1.27. The van der Waals surface area contributed by atoms with Crippen molar-refractivity contribution >= 4 is 11.5 Å². The number of halogens is 3. The summed E-state index contributed by atoms with van der Waals surface area (Å²) in [6.07, 6.45) is -4.65. The van der Waals surface area contributed by atoms with E-state index < -0.39 is 28.6 Å². The van der Waals surface area contributed by atoms with Crippen LogP contribution in [0.3, 0.4) is 0 Å². The number of benzene rings is 2. The van der Waals surface area contributed by atoms with Crippen LogP contribution < -0.4 is 5.23 Å². The largest absolute Gasteiger partial charge is 0.595 e. The highest BCUT2D eigenvalue weighted by Crippen LogP contribution is 2.35. The van der Waals surface area contributed by atoms with E-state index in [0.717, 1.165) is 12.1 Å². The monoisotopic (exact) mass is 325 g/mol. The quantitative estimate of drug-likeness (QED) is 0.850. The summed E-state index contributed by atoms with van der Waals surface area (Å²) in [7, 11) is 0. The molecule has 0 radical (unpaired) electrons. The summed E-state index contributed by atoms with van der Waals surface area (Å²) in [6.45, 7) is 1.28. The molecule has 2 rings (SSSR count). The van der Waals surface area contributed by atoms with Gasteiger partial charge in [0.05, 0.1) is 11.5 Å². The van der Waals surface area contributed by atoms with Crippen molar-refractivity contribution in [1.29, 1.82) is 0 Å². The van der Waals surface area contributed by atoms with Gasteiger partial charge in [0.1, 0.15) is 5.78 Å². The van der Waals surface area contributed by atoms with Gasteiger partial charge in [-0.1, -0.05) is 36.4 Å². The summed E-state index contributed by atoms with van der Waals surface area (Å²) in [5.41, 5.74) is -1.01. The molecule has 0 fully saturated rings. The Bertz CT molecular complexity index is 699. The van der Waals surface area contributed by atoms with Crippen LogP contribution in [0, 0.1) is 5.21 Å². The number of carbonyl (C=O) groups is 1. The lowest BCUT2D eigenvalue weighted by molar-refractivity contribution is -0.991. The Morgan fingerprint density at radius 1 is 1.17 bits per heavy atom. The molecule has 0 aromatic heterocycles. The van der Waals surface area contributed by atoms with E-state index in [2.05, 4.69) is 0 Å². The van der Waals surface area contributed by atoms with Crippen molar-refractivity contribution in [3.63, 3.8) is 0 Å². The minimum atomic E-state index is -4.65. The Morgan fingerprint density at radius 3 is 2.26 bits per heavy atom. The first-order valence-electron chi connectivity index (χ1n) is 6.71. The third-order valence-electron chi connectivity index (χ3n) is 3.46. The third-order valence-corrected chi connectivity index (χ3v) is 3.46. The number of hydrogen-bond acceptors (Lipinski definition) is 3. The van der Waals surface area contributed by atoms with Crippen molar-refractivity contribution in [2.45, 2.75) is 19.0 Å². The van der Waals surface area contributed by atoms with Gasteiger partial charge in [-0.2, -0.15) is 18.4 Å². The molecule has 4 nitrogen and oxygen atoms in total. The Morgan fingerprint density at radius 2 is 1.78 bits per heavy atom. The van der Waals surface area contributed by atoms with Crippen LogP contribution in [0.25, 0.3) is 0 Å². The van der Waals surface area contributed by atoms with Gasteiger partial charge in [-0.3, -0.25) is 4.79 Å². The fourth-order valence-corrected chi connectivity index (χ4v) is 2.45. The summed E-state index contributed by atoms with van der Waals surface area (Å²) in [4.78, 5) is 12.0. The van der Waals surface area contributed by atoms with Crippen LogP contribution in [0.4, 0.5) is 18.9 Å². The molecule has 0 aliphatic heterocycles. The second kappa shape index (κ2) is 6.49. The van der Waals surface area contributed by atoms with Gasteiger partial charge in [0, 0.05) is 11.6 Å². The molecule has 2 aromatic carbocycles. The van der Waals surface area contributed by atoms with Gasteiger partial charge < -0.3 is 5.21 Å². The van der Waals surface area contributed by atoms with Gasteiger partial charge in [0.25, 0.3) is 0 Å². The molecule has 122 valence electrons. The van der Waals surface area contributed by atoms with E-state index in [9.17, 15) is 28.4 Å². The lowest BCUT2D eigenvalue weighted by atomic mass is 9.86. The summed E-state index contributed by atoms with van der Waals surface area (Å²) >= 11 is 0. The Kier molecular flexibility index (Phi) is 4.84. The normalized spacial score (nSPS) is 14.3. The maximum Gasteiger partial charge on any atom is 0.416 e. The van der Waals surface area contributed by atoms with Crippen LogP contribution in [0.5, 0.6) is 0 Å². The molecule has 2 aromatic rings. The van der Waals surface area contributed by atoms with Crippen LogP contribution in [0.1, 0.15) is 29.5 Å². The third kappa shape index (κ3) is 3.76. The molecule has 7 heteroatoms. The number of carbonyl (C=O) groups excluding carboxylic acids is 1. The van der Waals surface area contributed by atoms with Crippen molar-refractivity contribution in [3.05, 3.63) is 70.4 Å². The molecule has 0 heterocycles. The molecular weight excluding hydrogens is 311 g/mol. The predicted octanol–water partition coefficient (Wildman–Crippen LogP) is 2.83. The van der Waals surface area contributed by atoms with E-state index in [4.69, 9.17) is 0 Å². The molecule has 0 aliphatic rings. The summed E-state index contributed by atoms with van der Waals surface area (Å²) in [6, 6.07) is 10.8.